The summed E-state index contributed by atoms with van der Waals surface area (Å²) in [6.45, 7) is 6.37. The summed E-state index contributed by atoms with van der Waals surface area (Å²) >= 11 is 7.97. The molecule has 1 aromatic heterocycles. The molecule has 6 nitrogen and oxygen atoms in total. The van der Waals surface area contributed by atoms with Gasteiger partial charge in [-0.3, -0.25) is 4.99 Å². The summed E-state index contributed by atoms with van der Waals surface area (Å²) in [7, 11) is 1.75. The Morgan fingerprint density at radius 1 is 1.23 bits per heavy atom. The molecule has 0 unspecified atom stereocenters. The van der Waals surface area contributed by atoms with Crippen molar-refractivity contribution < 1.29 is 9.47 Å². The van der Waals surface area contributed by atoms with Gasteiger partial charge < -0.3 is 20.1 Å². The summed E-state index contributed by atoms with van der Waals surface area (Å²) < 4.78 is 11.1. The van der Waals surface area contributed by atoms with Gasteiger partial charge in [-0.25, -0.2) is 4.98 Å². The fraction of sp³-hybridized carbons (Fsp3) is 0.412. The lowest BCUT2D eigenvalue weighted by molar-refractivity contribution is 0.171. The zero-order valence-corrected chi connectivity index (χ0v) is 18.8. The van der Waals surface area contributed by atoms with Crippen LogP contribution < -0.4 is 20.1 Å². The minimum Gasteiger partial charge on any atom is -0.486 e. The van der Waals surface area contributed by atoms with E-state index >= 15 is 0 Å². The first-order valence-corrected chi connectivity index (χ1v) is 9.21. The van der Waals surface area contributed by atoms with E-state index in [1.165, 1.54) is 4.88 Å². The number of benzene rings is 1. The molecule has 1 aliphatic heterocycles. The molecule has 26 heavy (non-hydrogen) atoms. The lowest BCUT2D eigenvalue weighted by atomic mass is 10.2. The second-order valence-electron chi connectivity index (χ2n) is 5.62. The number of guanidine groups is 1. The topological polar surface area (TPSA) is 67.8 Å². The van der Waals surface area contributed by atoms with E-state index in [2.05, 4.69) is 20.6 Å². The van der Waals surface area contributed by atoms with E-state index in [1.807, 2.05) is 26.0 Å². The molecule has 142 valence electrons. The maximum atomic E-state index is 6.27. The van der Waals surface area contributed by atoms with Crippen molar-refractivity contribution in [3.63, 3.8) is 0 Å². The molecular weight excluding hydrogens is 487 g/mol. The predicted octanol–water partition coefficient (Wildman–Crippen LogP) is 3.67. The standard InChI is InChI=1S/C17H21ClN4O2S.HI/c1-10-15(25-11(2)22-10)9-21-17(19-3)20-8-12-6-13(18)16-14(7-12)23-4-5-24-16;/h6-7H,4-5,8-9H2,1-3H3,(H2,19,20,21);1H. The van der Waals surface area contributed by atoms with Gasteiger partial charge in [0.15, 0.2) is 17.5 Å². The van der Waals surface area contributed by atoms with Crippen molar-refractivity contribution in [1.29, 1.82) is 0 Å². The molecule has 0 saturated carbocycles. The molecule has 2 heterocycles. The van der Waals surface area contributed by atoms with Crippen LogP contribution in [0.1, 0.15) is 21.1 Å². The fourth-order valence-electron chi connectivity index (χ4n) is 2.57. The van der Waals surface area contributed by atoms with Crippen LogP contribution in [0.15, 0.2) is 17.1 Å². The smallest absolute Gasteiger partial charge is 0.191 e. The SMILES string of the molecule is CN=C(NCc1cc(Cl)c2c(c1)OCCO2)NCc1sc(C)nc1C.I. The van der Waals surface area contributed by atoms with Crippen molar-refractivity contribution >= 4 is 52.9 Å². The van der Waals surface area contributed by atoms with Crippen LogP contribution in [0.25, 0.3) is 0 Å². The molecule has 2 N–H and O–H groups in total. The molecule has 2 aromatic rings. The Morgan fingerprint density at radius 3 is 2.65 bits per heavy atom. The first-order valence-electron chi connectivity index (χ1n) is 8.02. The summed E-state index contributed by atoms with van der Waals surface area (Å²) in [6, 6.07) is 3.82. The second-order valence-corrected chi connectivity index (χ2v) is 7.32. The molecule has 0 fully saturated rings. The Bertz CT molecular complexity index is 797. The third kappa shape index (κ3) is 5.14. The van der Waals surface area contributed by atoms with Crippen LogP contribution in [0.4, 0.5) is 0 Å². The number of aliphatic imine (C=N–C) groups is 1. The number of fused-ring (bicyclic) bond motifs is 1. The third-order valence-electron chi connectivity index (χ3n) is 3.76. The molecule has 0 amide bonds. The molecule has 0 radical (unpaired) electrons. The fourth-order valence-corrected chi connectivity index (χ4v) is 3.74. The summed E-state index contributed by atoms with van der Waals surface area (Å²) in [5.41, 5.74) is 2.06. The zero-order valence-electron chi connectivity index (χ0n) is 14.9. The molecule has 9 heteroatoms. The van der Waals surface area contributed by atoms with Crippen molar-refractivity contribution in [3.8, 4) is 11.5 Å². The zero-order chi connectivity index (χ0) is 17.8. The summed E-state index contributed by atoms with van der Waals surface area (Å²) in [5.74, 6) is 2.03. The summed E-state index contributed by atoms with van der Waals surface area (Å²) in [5, 5.41) is 8.23. The molecule has 0 spiro atoms. The molecular formula is C17H22ClIN4O2S. The van der Waals surface area contributed by atoms with E-state index in [4.69, 9.17) is 21.1 Å². The van der Waals surface area contributed by atoms with E-state index in [9.17, 15) is 0 Å². The quantitative estimate of drug-likeness (QED) is 0.375. The Kier molecular flexibility index (Phi) is 7.78. The number of ether oxygens (including phenoxy) is 2. The number of nitrogens with one attached hydrogen (secondary N) is 2. The van der Waals surface area contributed by atoms with Crippen molar-refractivity contribution in [2.24, 2.45) is 4.99 Å². The highest BCUT2D eigenvalue weighted by Gasteiger charge is 2.16. The summed E-state index contributed by atoms with van der Waals surface area (Å²) in [4.78, 5) is 9.90. The van der Waals surface area contributed by atoms with Crippen LogP contribution in [0, 0.1) is 13.8 Å². The molecule has 0 bridgehead atoms. The number of hydrogen-bond donors (Lipinski definition) is 2. The highest BCUT2D eigenvalue weighted by Crippen LogP contribution is 2.38. The maximum Gasteiger partial charge on any atom is 0.191 e. The number of aromatic nitrogens is 1. The van der Waals surface area contributed by atoms with Gasteiger partial charge in [0.05, 0.1) is 22.3 Å². The lowest BCUT2D eigenvalue weighted by Crippen LogP contribution is -2.36. The van der Waals surface area contributed by atoms with Crippen molar-refractivity contribution in [2.45, 2.75) is 26.9 Å². The molecule has 1 aromatic carbocycles. The van der Waals surface area contributed by atoms with Crippen LogP contribution in [-0.4, -0.2) is 31.2 Å². The first kappa shape index (κ1) is 21.0. The van der Waals surface area contributed by atoms with Gasteiger partial charge in [0.25, 0.3) is 0 Å². The Balaban J connectivity index is 0.00000243. The monoisotopic (exact) mass is 508 g/mol. The van der Waals surface area contributed by atoms with Crippen molar-refractivity contribution in [2.75, 3.05) is 20.3 Å². The van der Waals surface area contributed by atoms with Crippen LogP contribution >= 0.6 is 46.9 Å². The van der Waals surface area contributed by atoms with E-state index in [0.29, 0.717) is 42.8 Å². The minimum absolute atomic E-state index is 0. The van der Waals surface area contributed by atoms with Crippen LogP contribution in [0.3, 0.4) is 0 Å². The van der Waals surface area contributed by atoms with Crippen molar-refractivity contribution in [3.05, 3.63) is 38.3 Å². The van der Waals surface area contributed by atoms with Gasteiger partial charge in [-0.15, -0.1) is 35.3 Å². The second kappa shape index (κ2) is 9.61. The van der Waals surface area contributed by atoms with Gasteiger partial charge in [0.1, 0.15) is 13.2 Å². The predicted molar refractivity (Wildman–Crippen MR) is 116 cm³/mol. The molecule has 0 aliphatic carbocycles. The van der Waals surface area contributed by atoms with E-state index < -0.39 is 0 Å². The maximum absolute atomic E-state index is 6.27. The number of halogens is 2. The molecule has 3 rings (SSSR count). The van der Waals surface area contributed by atoms with E-state index in [1.54, 1.807) is 18.4 Å². The number of thiazole rings is 1. The molecule has 1 aliphatic rings. The largest absolute Gasteiger partial charge is 0.486 e. The van der Waals surface area contributed by atoms with Crippen LogP contribution in [0.5, 0.6) is 11.5 Å². The Labute approximate surface area is 179 Å². The average Bonchev–Trinajstić information content (AvgIpc) is 2.92. The van der Waals surface area contributed by atoms with Gasteiger partial charge in [0, 0.05) is 18.5 Å². The van der Waals surface area contributed by atoms with Crippen LogP contribution in [0.2, 0.25) is 5.02 Å². The number of rotatable bonds is 4. The molecule has 0 saturated heterocycles. The normalized spacial score (nSPS) is 13.2. The highest BCUT2D eigenvalue weighted by molar-refractivity contribution is 14.0. The van der Waals surface area contributed by atoms with Gasteiger partial charge >= 0.3 is 0 Å². The van der Waals surface area contributed by atoms with Gasteiger partial charge in [-0.1, -0.05) is 11.6 Å². The number of hydrogen-bond acceptors (Lipinski definition) is 5. The highest BCUT2D eigenvalue weighted by atomic mass is 127. The minimum atomic E-state index is 0. The third-order valence-corrected chi connectivity index (χ3v) is 5.11. The lowest BCUT2D eigenvalue weighted by Gasteiger charge is -2.20. The van der Waals surface area contributed by atoms with Gasteiger partial charge in [0.2, 0.25) is 0 Å². The Morgan fingerprint density at radius 2 is 1.96 bits per heavy atom. The van der Waals surface area contributed by atoms with Crippen molar-refractivity contribution in [1.82, 2.24) is 15.6 Å². The summed E-state index contributed by atoms with van der Waals surface area (Å²) in [6.07, 6.45) is 0. The van der Waals surface area contributed by atoms with Gasteiger partial charge in [-0.05, 0) is 31.5 Å². The molecule has 0 atom stereocenters. The van der Waals surface area contributed by atoms with Gasteiger partial charge in [-0.2, -0.15) is 0 Å². The number of aryl methyl sites for hydroxylation is 2. The first-order chi connectivity index (χ1) is 12.1. The number of nitrogens with zero attached hydrogens (tertiary/aromatic N) is 2. The van der Waals surface area contributed by atoms with E-state index in [0.717, 1.165) is 22.2 Å². The van der Waals surface area contributed by atoms with E-state index in [-0.39, 0.29) is 24.0 Å². The van der Waals surface area contributed by atoms with Crippen LogP contribution in [-0.2, 0) is 13.1 Å². The average molecular weight is 509 g/mol. The Hall–Kier alpha value is -1.26.